The molecule has 3 amide bonds. The van der Waals surface area contributed by atoms with Gasteiger partial charge in [-0.1, -0.05) is 61.8 Å². The molecule has 10 nitrogen and oxygen atoms in total. The van der Waals surface area contributed by atoms with Crippen LogP contribution in [0.5, 0.6) is 0 Å². The Balaban J connectivity index is 1.30. The van der Waals surface area contributed by atoms with Crippen LogP contribution in [0.15, 0.2) is 54.7 Å². The third-order valence-electron chi connectivity index (χ3n) is 7.33. The largest absolute Gasteiger partial charge is 0.447 e. The first-order chi connectivity index (χ1) is 21.2. The molecular formula is C32H40ClFN6O4. The maximum atomic E-state index is 13.7. The number of nitrogens with zero attached hydrogens (tertiary/aromatic N) is 3. The average Bonchev–Trinajstić information content (AvgIpc) is 3.00. The number of hydrogen-bond acceptors (Lipinski definition) is 7. The molecule has 1 aliphatic heterocycles. The summed E-state index contributed by atoms with van der Waals surface area (Å²) in [6.07, 6.45) is 1.41. The number of benzene rings is 2. The molecule has 3 aromatic rings. The smallest absolute Gasteiger partial charge is 0.412 e. The molecule has 0 spiro atoms. The van der Waals surface area contributed by atoms with Crippen LogP contribution in [0.4, 0.5) is 15.0 Å². The Morgan fingerprint density at radius 3 is 2.55 bits per heavy atom. The van der Waals surface area contributed by atoms with Gasteiger partial charge < -0.3 is 20.3 Å². The summed E-state index contributed by atoms with van der Waals surface area (Å²) in [6, 6.07) is 13.3. The topological polar surface area (TPSA) is 116 Å². The van der Waals surface area contributed by atoms with Crippen molar-refractivity contribution in [3.8, 4) is 0 Å². The van der Waals surface area contributed by atoms with E-state index in [0.29, 0.717) is 30.4 Å². The predicted octanol–water partition coefficient (Wildman–Crippen LogP) is 4.43. The minimum absolute atomic E-state index is 0.00199. The zero-order valence-electron chi connectivity index (χ0n) is 25.2. The molecule has 0 aliphatic carbocycles. The number of aromatic nitrogens is 1. The van der Waals surface area contributed by atoms with E-state index in [1.165, 1.54) is 6.07 Å². The average molecular weight is 627 g/mol. The van der Waals surface area contributed by atoms with Crippen molar-refractivity contribution in [3.05, 3.63) is 71.1 Å². The second kappa shape index (κ2) is 16.3. The van der Waals surface area contributed by atoms with Gasteiger partial charge in [0.15, 0.2) is 0 Å². The highest BCUT2D eigenvalue weighted by molar-refractivity contribution is 6.31. The molecule has 4 rings (SSSR count). The Morgan fingerprint density at radius 2 is 1.80 bits per heavy atom. The lowest BCUT2D eigenvalue weighted by Crippen LogP contribution is -2.50. The van der Waals surface area contributed by atoms with Crippen molar-refractivity contribution in [2.75, 3.05) is 51.2 Å². The molecule has 0 unspecified atom stereocenters. The van der Waals surface area contributed by atoms with Gasteiger partial charge in [-0.05, 0) is 35.4 Å². The zero-order valence-corrected chi connectivity index (χ0v) is 25.9. The lowest BCUT2D eigenvalue weighted by atomic mass is 10.1. The standard InChI is InChI=1S/C32H40ClFN6O4/c1-22(2)20-39-12-14-40(15-13-39)30(42)11-10-26(37-29(41)19-35-17-25-8-5-9-27(34)31(25)33)21-44-32(43)38-28-16-23-6-3-4-7-24(23)18-36-28/h3-9,16,18,22,26,35H,10-15,17,19-21H2,1-2H3,(H,37,41)(H,36,38,43)/t26-/m0/s1. The van der Waals surface area contributed by atoms with Crippen LogP contribution in [0.2, 0.25) is 5.02 Å². The van der Waals surface area contributed by atoms with Crippen molar-refractivity contribution in [1.82, 2.24) is 25.4 Å². The monoisotopic (exact) mass is 626 g/mol. The molecule has 2 heterocycles. The molecule has 1 aromatic heterocycles. The number of anilines is 1. The van der Waals surface area contributed by atoms with Gasteiger partial charge in [-0.2, -0.15) is 0 Å². The van der Waals surface area contributed by atoms with Gasteiger partial charge in [0.25, 0.3) is 0 Å². The molecule has 0 bridgehead atoms. The Morgan fingerprint density at radius 1 is 1.05 bits per heavy atom. The van der Waals surface area contributed by atoms with Crippen LogP contribution in [0.1, 0.15) is 32.3 Å². The molecule has 1 fully saturated rings. The number of ether oxygens (including phenoxy) is 1. The Hall–Kier alpha value is -3.80. The van der Waals surface area contributed by atoms with Gasteiger partial charge in [0.1, 0.15) is 18.2 Å². The summed E-state index contributed by atoms with van der Waals surface area (Å²) < 4.78 is 19.2. The number of halogens is 2. The van der Waals surface area contributed by atoms with Crippen LogP contribution in [0, 0.1) is 11.7 Å². The van der Waals surface area contributed by atoms with Crippen LogP contribution in [0.25, 0.3) is 10.8 Å². The van der Waals surface area contributed by atoms with Crippen molar-refractivity contribution in [2.24, 2.45) is 5.92 Å². The maximum absolute atomic E-state index is 13.7. The van der Waals surface area contributed by atoms with E-state index in [1.807, 2.05) is 29.2 Å². The Kier molecular flexibility index (Phi) is 12.3. The van der Waals surface area contributed by atoms with Crippen LogP contribution < -0.4 is 16.0 Å². The second-order valence-corrected chi connectivity index (χ2v) is 11.7. The van der Waals surface area contributed by atoms with E-state index in [9.17, 15) is 18.8 Å². The molecule has 1 aliphatic rings. The number of rotatable bonds is 13. The third kappa shape index (κ3) is 10.1. The molecule has 12 heteroatoms. The number of pyridine rings is 1. The molecule has 3 N–H and O–H groups in total. The van der Waals surface area contributed by atoms with Crippen molar-refractivity contribution in [2.45, 2.75) is 39.3 Å². The predicted molar refractivity (Wildman–Crippen MR) is 169 cm³/mol. The normalized spacial score (nSPS) is 14.4. The molecule has 1 atom stereocenters. The molecule has 2 aromatic carbocycles. The van der Waals surface area contributed by atoms with Gasteiger partial charge in [-0.25, -0.2) is 14.2 Å². The summed E-state index contributed by atoms with van der Waals surface area (Å²) in [7, 11) is 0. The Bertz CT molecular complexity index is 1430. The van der Waals surface area contributed by atoms with E-state index in [4.69, 9.17) is 16.3 Å². The fourth-order valence-corrected chi connectivity index (χ4v) is 5.29. The van der Waals surface area contributed by atoms with Crippen LogP contribution >= 0.6 is 11.6 Å². The highest BCUT2D eigenvalue weighted by Gasteiger charge is 2.23. The number of carbonyl (C=O) groups is 3. The Labute approximate surface area is 262 Å². The number of amides is 3. The number of carbonyl (C=O) groups excluding carboxylic acids is 3. The van der Waals surface area contributed by atoms with E-state index < -0.39 is 18.0 Å². The zero-order chi connectivity index (χ0) is 31.5. The minimum Gasteiger partial charge on any atom is -0.447 e. The molecule has 0 radical (unpaired) electrons. The third-order valence-corrected chi connectivity index (χ3v) is 7.75. The highest BCUT2D eigenvalue weighted by Crippen LogP contribution is 2.19. The first-order valence-corrected chi connectivity index (χ1v) is 15.3. The fourth-order valence-electron chi connectivity index (χ4n) is 5.09. The molecule has 44 heavy (non-hydrogen) atoms. The van der Waals surface area contributed by atoms with Gasteiger partial charge in [-0.3, -0.25) is 19.8 Å². The molecule has 236 valence electrons. The lowest BCUT2D eigenvalue weighted by Gasteiger charge is -2.35. The molecule has 0 saturated carbocycles. The first kappa shape index (κ1) is 33.1. The van der Waals surface area contributed by atoms with Crippen LogP contribution in [-0.2, 0) is 20.9 Å². The summed E-state index contributed by atoms with van der Waals surface area (Å²) in [4.78, 5) is 46.8. The quantitative estimate of drug-likeness (QED) is 0.257. The summed E-state index contributed by atoms with van der Waals surface area (Å²) in [5.74, 6) is 0.00265. The van der Waals surface area contributed by atoms with Gasteiger partial charge >= 0.3 is 6.09 Å². The van der Waals surface area contributed by atoms with E-state index in [2.05, 4.69) is 39.7 Å². The van der Waals surface area contributed by atoms with E-state index >= 15 is 0 Å². The van der Waals surface area contributed by atoms with Gasteiger partial charge in [0, 0.05) is 57.3 Å². The highest BCUT2D eigenvalue weighted by atomic mass is 35.5. The second-order valence-electron chi connectivity index (χ2n) is 11.3. The molecule has 1 saturated heterocycles. The maximum Gasteiger partial charge on any atom is 0.412 e. The molecular weight excluding hydrogens is 587 g/mol. The van der Waals surface area contributed by atoms with E-state index in [1.54, 1.807) is 24.4 Å². The number of nitrogens with one attached hydrogen (secondary N) is 3. The van der Waals surface area contributed by atoms with E-state index in [0.717, 1.165) is 30.4 Å². The summed E-state index contributed by atoms with van der Waals surface area (Å²) in [5.41, 5.74) is 0.525. The summed E-state index contributed by atoms with van der Waals surface area (Å²) in [6.45, 7) is 8.31. The fraction of sp³-hybridized carbons (Fsp3) is 0.438. The SMILES string of the molecule is CC(C)CN1CCN(C(=O)CC[C@@H](COC(=O)Nc2cc3ccccc3cn2)NC(=O)CNCc2cccc(F)c2Cl)CC1. The first-order valence-electron chi connectivity index (χ1n) is 14.9. The summed E-state index contributed by atoms with van der Waals surface area (Å²) >= 11 is 6.00. The van der Waals surface area contributed by atoms with Crippen molar-refractivity contribution < 1.29 is 23.5 Å². The number of hydrogen-bond donors (Lipinski definition) is 3. The van der Waals surface area contributed by atoms with Gasteiger partial charge in [-0.15, -0.1) is 0 Å². The van der Waals surface area contributed by atoms with E-state index in [-0.39, 0.29) is 49.4 Å². The van der Waals surface area contributed by atoms with Crippen LogP contribution in [0.3, 0.4) is 0 Å². The van der Waals surface area contributed by atoms with Crippen molar-refractivity contribution in [1.29, 1.82) is 0 Å². The minimum atomic E-state index is -0.724. The van der Waals surface area contributed by atoms with Crippen molar-refractivity contribution in [3.63, 3.8) is 0 Å². The summed E-state index contributed by atoms with van der Waals surface area (Å²) in [5, 5.41) is 10.3. The van der Waals surface area contributed by atoms with Gasteiger partial charge in [0.2, 0.25) is 11.8 Å². The van der Waals surface area contributed by atoms with Crippen LogP contribution in [-0.4, -0.2) is 84.6 Å². The van der Waals surface area contributed by atoms with Gasteiger partial charge in [0.05, 0.1) is 17.6 Å². The number of piperazine rings is 1. The van der Waals surface area contributed by atoms with Crippen molar-refractivity contribution >= 4 is 46.1 Å². The number of fused-ring (bicyclic) bond motifs is 1. The lowest BCUT2D eigenvalue weighted by molar-refractivity contribution is -0.133.